The molecule has 1 heterocycles. The lowest BCUT2D eigenvalue weighted by molar-refractivity contribution is -0.119. The average molecular weight is 205 g/mol. The summed E-state index contributed by atoms with van der Waals surface area (Å²) in [4.78, 5) is 12.2. The van der Waals surface area contributed by atoms with Crippen molar-refractivity contribution in [3.63, 3.8) is 0 Å². The van der Waals surface area contributed by atoms with Crippen LogP contribution in [0.4, 0.5) is 0 Å². The first-order valence-corrected chi connectivity index (χ1v) is 5.45. The Morgan fingerprint density at radius 3 is 3.00 bits per heavy atom. The quantitative estimate of drug-likeness (QED) is 0.761. The molecule has 3 heteroatoms. The lowest BCUT2D eigenvalue weighted by atomic mass is 10.1. The fourth-order valence-corrected chi connectivity index (χ4v) is 2.49. The number of hydrogen-bond donors (Lipinski definition) is 1. The first kappa shape index (κ1) is 9.34. The zero-order valence-corrected chi connectivity index (χ0v) is 8.46. The molecule has 1 aromatic carbocycles. The number of benzene rings is 1. The summed E-state index contributed by atoms with van der Waals surface area (Å²) in [5, 5.41) is 0. The van der Waals surface area contributed by atoms with Crippen molar-refractivity contribution in [3.05, 3.63) is 35.9 Å². The van der Waals surface area contributed by atoms with Gasteiger partial charge in [-0.1, -0.05) is 30.4 Å². The number of hydrogen-bond acceptors (Lipinski definition) is 2. The monoisotopic (exact) mass is 205 g/mol. The van der Waals surface area contributed by atoms with E-state index in [9.17, 15) is 4.79 Å². The Bertz CT molecular complexity index is 387. The first-order chi connectivity index (χ1) is 6.77. The molecule has 0 radical (unpaired) electrons. The number of rotatable bonds is 1. The van der Waals surface area contributed by atoms with E-state index in [2.05, 4.69) is 6.07 Å². The van der Waals surface area contributed by atoms with E-state index in [1.54, 1.807) is 11.8 Å². The number of fused-ring (bicyclic) bond motifs is 1. The van der Waals surface area contributed by atoms with E-state index in [1.807, 2.05) is 30.4 Å². The molecule has 0 saturated heterocycles. The number of thioether (sulfide) groups is 1. The molecule has 2 N–H and O–H groups in total. The SMILES string of the molecule is NC(=O)C1C=Cc2ccccc2SC1. The minimum atomic E-state index is -0.249. The molecule has 72 valence electrons. The lowest BCUT2D eigenvalue weighted by Crippen LogP contribution is -2.22. The van der Waals surface area contributed by atoms with Crippen LogP contribution in [-0.4, -0.2) is 11.7 Å². The van der Waals surface area contributed by atoms with Gasteiger partial charge in [-0.3, -0.25) is 4.79 Å². The second-order valence-electron chi connectivity index (χ2n) is 3.22. The molecule has 0 aromatic heterocycles. The average Bonchev–Trinajstić information content (AvgIpc) is 2.39. The topological polar surface area (TPSA) is 43.1 Å². The third kappa shape index (κ3) is 1.82. The molecule has 1 aliphatic rings. The normalized spacial score (nSPS) is 19.9. The maximum atomic E-state index is 11.0. The summed E-state index contributed by atoms with van der Waals surface area (Å²) in [6.07, 6.45) is 3.87. The van der Waals surface area contributed by atoms with Crippen LogP contribution in [0.5, 0.6) is 0 Å². The van der Waals surface area contributed by atoms with E-state index in [0.717, 1.165) is 5.75 Å². The lowest BCUT2D eigenvalue weighted by Gasteiger charge is -2.05. The minimum Gasteiger partial charge on any atom is -0.369 e. The highest BCUT2D eigenvalue weighted by Gasteiger charge is 2.15. The second kappa shape index (κ2) is 3.88. The Morgan fingerprint density at radius 2 is 2.21 bits per heavy atom. The molecule has 2 rings (SSSR count). The summed E-state index contributed by atoms with van der Waals surface area (Å²) < 4.78 is 0. The summed E-state index contributed by atoms with van der Waals surface area (Å²) in [6.45, 7) is 0. The third-order valence-electron chi connectivity index (χ3n) is 2.21. The van der Waals surface area contributed by atoms with Gasteiger partial charge in [0, 0.05) is 10.6 Å². The van der Waals surface area contributed by atoms with Crippen molar-refractivity contribution in [3.8, 4) is 0 Å². The molecule has 0 spiro atoms. The highest BCUT2D eigenvalue weighted by molar-refractivity contribution is 7.99. The van der Waals surface area contributed by atoms with Crippen molar-refractivity contribution < 1.29 is 4.79 Å². The van der Waals surface area contributed by atoms with Gasteiger partial charge in [0.25, 0.3) is 0 Å². The van der Waals surface area contributed by atoms with Gasteiger partial charge in [0.2, 0.25) is 5.91 Å². The van der Waals surface area contributed by atoms with Crippen LogP contribution in [0, 0.1) is 5.92 Å². The third-order valence-corrected chi connectivity index (χ3v) is 3.42. The maximum Gasteiger partial charge on any atom is 0.225 e. The minimum absolute atomic E-state index is 0.146. The van der Waals surface area contributed by atoms with Crippen molar-refractivity contribution in [2.45, 2.75) is 4.90 Å². The number of carbonyl (C=O) groups is 1. The molecule has 1 amide bonds. The molecule has 1 atom stereocenters. The molecule has 0 bridgehead atoms. The Kier molecular flexibility index (Phi) is 2.59. The number of carbonyl (C=O) groups excluding carboxylic acids is 1. The van der Waals surface area contributed by atoms with Crippen molar-refractivity contribution in [1.29, 1.82) is 0 Å². The molecule has 1 unspecified atom stereocenters. The Hall–Kier alpha value is -1.22. The van der Waals surface area contributed by atoms with Crippen molar-refractivity contribution in [2.24, 2.45) is 11.7 Å². The first-order valence-electron chi connectivity index (χ1n) is 4.47. The van der Waals surface area contributed by atoms with Crippen LogP contribution in [0.1, 0.15) is 5.56 Å². The summed E-state index contributed by atoms with van der Waals surface area (Å²) in [7, 11) is 0. The van der Waals surface area contributed by atoms with Gasteiger partial charge in [0.05, 0.1) is 5.92 Å². The van der Waals surface area contributed by atoms with Gasteiger partial charge in [0.1, 0.15) is 0 Å². The molecule has 1 aromatic rings. The predicted octanol–water partition coefficient (Wildman–Crippen LogP) is 1.91. The van der Waals surface area contributed by atoms with Gasteiger partial charge >= 0.3 is 0 Å². The smallest absolute Gasteiger partial charge is 0.225 e. The standard InChI is InChI=1S/C11H11NOS/c12-11(13)9-6-5-8-3-1-2-4-10(8)14-7-9/h1-6,9H,7H2,(H2,12,13). The highest BCUT2D eigenvalue weighted by atomic mass is 32.2. The Labute approximate surface area is 87.2 Å². The van der Waals surface area contributed by atoms with Crippen LogP contribution in [0.2, 0.25) is 0 Å². The summed E-state index contributed by atoms with van der Waals surface area (Å²) >= 11 is 1.68. The van der Waals surface area contributed by atoms with Crippen LogP contribution < -0.4 is 5.73 Å². The van der Waals surface area contributed by atoms with Gasteiger partial charge < -0.3 is 5.73 Å². The van der Waals surface area contributed by atoms with Crippen molar-refractivity contribution in [2.75, 3.05) is 5.75 Å². The van der Waals surface area contributed by atoms with Gasteiger partial charge in [-0.15, -0.1) is 11.8 Å². The molecule has 0 saturated carbocycles. The Morgan fingerprint density at radius 1 is 1.43 bits per heavy atom. The molecule has 2 nitrogen and oxygen atoms in total. The molecule has 14 heavy (non-hydrogen) atoms. The molecule has 0 aliphatic carbocycles. The van der Waals surface area contributed by atoms with Gasteiger partial charge in [-0.05, 0) is 11.6 Å². The summed E-state index contributed by atoms with van der Waals surface area (Å²) in [6, 6.07) is 8.11. The fraction of sp³-hybridized carbons (Fsp3) is 0.182. The molecular weight excluding hydrogens is 194 g/mol. The van der Waals surface area contributed by atoms with Crippen LogP contribution >= 0.6 is 11.8 Å². The van der Waals surface area contributed by atoms with Gasteiger partial charge in [0.15, 0.2) is 0 Å². The van der Waals surface area contributed by atoms with Crippen molar-refractivity contribution in [1.82, 2.24) is 0 Å². The van der Waals surface area contributed by atoms with E-state index in [0.29, 0.717) is 0 Å². The molecule has 0 fully saturated rings. The summed E-state index contributed by atoms with van der Waals surface area (Å²) in [5.41, 5.74) is 6.44. The van der Waals surface area contributed by atoms with Crippen LogP contribution in [0.15, 0.2) is 35.2 Å². The maximum absolute atomic E-state index is 11.0. The van der Waals surface area contributed by atoms with E-state index in [-0.39, 0.29) is 11.8 Å². The van der Waals surface area contributed by atoms with E-state index < -0.39 is 0 Å². The number of amides is 1. The van der Waals surface area contributed by atoms with Crippen LogP contribution in [-0.2, 0) is 4.79 Å². The van der Waals surface area contributed by atoms with E-state index in [1.165, 1.54) is 10.5 Å². The second-order valence-corrected chi connectivity index (χ2v) is 4.28. The fourth-order valence-electron chi connectivity index (χ4n) is 1.38. The van der Waals surface area contributed by atoms with Crippen LogP contribution in [0.25, 0.3) is 6.08 Å². The summed E-state index contributed by atoms with van der Waals surface area (Å²) in [5.74, 6) is 0.344. The van der Waals surface area contributed by atoms with E-state index >= 15 is 0 Å². The number of nitrogens with two attached hydrogens (primary N) is 1. The van der Waals surface area contributed by atoms with E-state index in [4.69, 9.17) is 5.73 Å². The number of primary amides is 1. The van der Waals surface area contributed by atoms with Crippen LogP contribution in [0.3, 0.4) is 0 Å². The largest absolute Gasteiger partial charge is 0.369 e. The van der Waals surface area contributed by atoms with Gasteiger partial charge in [-0.2, -0.15) is 0 Å². The Balaban J connectivity index is 2.29. The zero-order chi connectivity index (χ0) is 9.97. The van der Waals surface area contributed by atoms with Crippen molar-refractivity contribution >= 4 is 23.7 Å². The van der Waals surface area contributed by atoms with Gasteiger partial charge in [-0.25, -0.2) is 0 Å². The highest BCUT2D eigenvalue weighted by Crippen LogP contribution is 2.29. The molecule has 1 aliphatic heterocycles. The molecular formula is C11H11NOS. The predicted molar refractivity (Wildman–Crippen MR) is 58.9 cm³/mol. The zero-order valence-electron chi connectivity index (χ0n) is 7.64.